The maximum Gasteiger partial charge on any atom is 0.270 e. The van der Waals surface area contributed by atoms with E-state index in [1.54, 1.807) is 41.4 Å². The van der Waals surface area contributed by atoms with Gasteiger partial charge in [0.25, 0.3) is 5.91 Å². The van der Waals surface area contributed by atoms with Crippen LogP contribution in [0.5, 0.6) is 0 Å². The molecular formula is C21H22FN3O2. The Morgan fingerprint density at radius 3 is 2.89 bits per heavy atom. The largest absolute Gasteiger partial charge is 0.348 e. The molecule has 0 radical (unpaired) electrons. The fourth-order valence-corrected chi connectivity index (χ4v) is 4.37. The molecule has 1 aliphatic carbocycles. The van der Waals surface area contributed by atoms with Crippen LogP contribution in [0.25, 0.3) is 0 Å². The molecule has 2 heterocycles. The van der Waals surface area contributed by atoms with Gasteiger partial charge in [-0.15, -0.1) is 0 Å². The Kier molecular flexibility index (Phi) is 4.64. The Labute approximate surface area is 157 Å². The molecule has 1 aromatic heterocycles. The van der Waals surface area contributed by atoms with Crippen LogP contribution in [0.4, 0.5) is 10.1 Å². The van der Waals surface area contributed by atoms with Gasteiger partial charge in [-0.3, -0.25) is 14.6 Å². The number of carbonyl (C=O) groups is 2. The van der Waals surface area contributed by atoms with Crippen molar-refractivity contribution >= 4 is 17.5 Å². The SMILES string of the molecule is O=C(N[C@H]1CCC[C@]2(CCN(c3cccc(F)c3)C2=O)C1)c1ccccn1. The second-order valence-corrected chi connectivity index (χ2v) is 7.45. The van der Waals surface area contributed by atoms with Gasteiger partial charge in [-0.1, -0.05) is 18.6 Å². The maximum atomic E-state index is 13.6. The monoisotopic (exact) mass is 367 g/mol. The lowest BCUT2D eigenvalue weighted by molar-refractivity contribution is -0.127. The van der Waals surface area contributed by atoms with Crippen molar-refractivity contribution in [2.75, 3.05) is 11.4 Å². The molecule has 1 saturated heterocycles. The highest BCUT2D eigenvalue weighted by atomic mass is 19.1. The first kappa shape index (κ1) is 17.6. The number of aromatic nitrogens is 1. The summed E-state index contributed by atoms with van der Waals surface area (Å²) in [6, 6.07) is 11.4. The number of anilines is 1. The Hall–Kier alpha value is -2.76. The second kappa shape index (κ2) is 7.10. The summed E-state index contributed by atoms with van der Waals surface area (Å²) in [6.45, 7) is 0.587. The minimum absolute atomic E-state index is 0.0462. The van der Waals surface area contributed by atoms with Crippen molar-refractivity contribution < 1.29 is 14.0 Å². The predicted molar refractivity (Wildman–Crippen MR) is 99.8 cm³/mol. The molecule has 2 atom stereocenters. The van der Waals surface area contributed by atoms with Gasteiger partial charge in [0.2, 0.25) is 5.91 Å². The van der Waals surface area contributed by atoms with Crippen LogP contribution in [-0.4, -0.2) is 29.4 Å². The van der Waals surface area contributed by atoms with Crippen LogP contribution in [0.2, 0.25) is 0 Å². The number of halogens is 1. The van der Waals surface area contributed by atoms with Crippen LogP contribution >= 0.6 is 0 Å². The first-order valence-corrected chi connectivity index (χ1v) is 9.37. The quantitative estimate of drug-likeness (QED) is 0.905. The molecule has 2 aliphatic rings. The fourth-order valence-electron chi connectivity index (χ4n) is 4.37. The third-order valence-corrected chi connectivity index (χ3v) is 5.71. The molecule has 1 saturated carbocycles. The normalized spacial score (nSPS) is 25.0. The number of nitrogens with one attached hydrogen (secondary N) is 1. The molecule has 140 valence electrons. The molecule has 6 heteroatoms. The van der Waals surface area contributed by atoms with E-state index in [9.17, 15) is 14.0 Å². The van der Waals surface area contributed by atoms with E-state index in [4.69, 9.17) is 0 Å². The number of hydrogen-bond donors (Lipinski definition) is 1. The van der Waals surface area contributed by atoms with Gasteiger partial charge in [-0.25, -0.2) is 4.39 Å². The van der Waals surface area contributed by atoms with Crippen molar-refractivity contribution in [2.24, 2.45) is 5.41 Å². The minimum atomic E-state index is -0.466. The van der Waals surface area contributed by atoms with Crippen molar-refractivity contribution in [3.05, 3.63) is 60.2 Å². The lowest BCUT2D eigenvalue weighted by Crippen LogP contribution is -2.46. The number of hydrogen-bond acceptors (Lipinski definition) is 3. The Morgan fingerprint density at radius 1 is 1.22 bits per heavy atom. The maximum absolute atomic E-state index is 13.6. The Balaban J connectivity index is 1.47. The molecule has 0 unspecified atom stereocenters. The molecular weight excluding hydrogens is 345 g/mol. The molecule has 0 bridgehead atoms. The zero-order valence-corrected chi connectivity index (χ0v) is 15.0. The highest BCUT2D eigenvalue weighted by Gasteiger charge is 2.49. The molecule has 1 spiro atoms. The highest BCUT2D eigenvalue weighted by Crippen LogP contribution is 2.46. The predicted octanol–water partition coefficient (Wildman–Crippen LogP) is 3.32. The number of carbonyl (C=O) groups excluding carboxylic acids is 2. The van der Waals surface area contributed by atoms with Crippen LogP contribution in [0.15, 0.2) is 48.7 Å². The molecule has 1 aromatic carbocycles. The molecule has 27 heavy (non-hydrogen) atoms. The Bertz CT molecular complexity index is 858. The van der Waals surface area contributed by atoms with Crippen LogP contribution in [0.1, 0.15) is 42.6 Å². The van der Waals surface area contributed by atoms with Gasteiger partial charge in [0.15, 0.2) is 0 Å². The number of benzene rings is 1. The van der Waals surface area contributed by atoms with Gasteiger partial charge >= 0.3 is 0 Å². The summed E-state index contributed by atoms with van der Waals surface area (Å²) in [6.07, 6.45) is 5.50. The van der Waals surface area contributed by atoms with E-state index in [2.05, 4.69) is 10.3 Å². The topological polar surface area (TPSA) is 62.3 Å². The fraction of sp³-hybridized carbons (Fsp3) is 0.381. The zero-order valence-electron chi connectivity index (χ0n) is 15.0. The van der Waals surface area contributed by atoms with Crippen molar-refractivity contribution in [1.82, 2.24) is 10.3 Å². The van der Waals surface area contributed by atoms with Gasteiger partial charge in [0.1, 0.15) is 11.5 Å². The highest BCUT2D eigenvalue weighted by molar-refractivity contribution is 6.00. The summed E-state index contributed by atoms with van der Waals surface area (Å²) in [7, 11) is 0. The van der Waals surface area contributed by atoms with E-state index < -0.39 is 5.41 Å². The summed E-state index contributed by atoms with van der Waals surface area (Å²) in [5, 5.41) is 3.04. The lowest BCUT2D eigenvalue weighted by Gasteiger charge is -2.36. The van der Waals surface area contributed by atoms with Gasteiger partial charge in [-0.05, 0) is 56.0 Å². The van der Waals surface area contributed by atoms with E-state index in [1.807, 2.05) is 0 Å². The number of nitrogens with zero attached hydrogens (tertiary/aromatic N) is 2. The summed E-state index contributed by atoms with van der Waals surface area (Å²) in [4.78, 5) is 31.4. The molecule has 4 rings (SSSR count). The lowest BCUT2D eigenvalue weighted by atomic mass is 9.71. The smallest absolute Gasteiger partial charge is 0.270 e. The standard InChI is InChI=1S/C21H22FN3O2/c22-15-5-3-7-17(13-15)25-12-10-21(20(25)27)9-4-6-16(14-21)24-19(26)18-8-1-2-11-23-18/h1-3,5,7-8,11,13,16H,4,6,9-10,12,14H2,(H,24,26)/t16-,21-/m0/s1. The van der Waals surface area contributed by atoms with Gasteiger partial charge < -0.3 is 10.2 Å². The summed E-state index contributed by atoms with van der Waals surface area (Å²) in [5.74, 6) is -0.500. The van der Waals surface area contributed by atoms with E-state index in [0.29, 0.717) is 24.3 Å². The van der Waals surface area contributed by atoms with Gasteiger partial charge in [0, 0.05) is 24.5 Å². The molecule has 2 amide bonds. The van der Waals surface area contributed by atoms with Gasteiger partial charge in [-0.2, -0.15) is 0 Å². The average Bonchev–Trinajstić information content (AvgIpc) is 2.98. The summed E-state index contributed by atoms with van der Waals surface area (Å²) >= 11 is 0. The molecule has 1 aliphatic heterocycles. The average molecular weight is 367 g/mol. The van der Waals surface area contributed by atoms with Crippen molar-refractivity contribution in [2.45, 2.75) is 38.1 Å². The van der Waals surface area contributed by atoms with Crippen LogP contribution in [-0.2, 0) is 4.79 Å². The van der Waals surface area contributed by atoms with Crippen LogP contribution in [0, 0.1) is 11.2 Å². The van der Waals surface area contributed by atoms with E-state index in [0.717, 1.165) is 25.7 Å². The molecule has 2 fully saturated rings. The third kappa shape index (κ3) is 3.44. The molecule has 2 aromatic rings. The van der Waals surface area contributed by atoms with Crippen molar-refractivity contribution in [3.63, 3.8) is 0 Å². The minimum Gasteiger partial charge on any atom is -0.348 e. The van der Waals surface area contributed by atoms with E-state index >= 15 is 0 Å². The Morgan fingerprint density at radius 2 is 2.11 bits per heavy atom. The van der Waals surface area contributed by atoms with Crippen LogP contribution < -0.4 is 10.2 Å². The second-order valence-electron chi connectivity index (χ2n) is 7.45. The first-order chi connectivity index (χ1) is 13.1. The molecule has 5 nitrogen and oxygen atoms in total. The number of rotatable bonds is 3. The van der Waals surface area contributed by atoms with E-state index in [-0.39, 0.29) is 23.7 Å². The van der Waals surface area contributed by atoms with E-state index in [1.165, 1.54) is 12.1 Å². The van der Waals surface area contributed by atoms with Gasteiger partial charge in [0.05, 0.1) is 5.41 Å². The summed E-state index contributed by atoms with van der Waals surface area (Å²) < 4.78 is 13.6. The number of amides is 2. The number of pyridine rings is 1. The first-order valence-electron chi connectivity index (χ1n) is 9.37. The van der Waals surface area contributed by atoms with Crippen molar-refractivity contribution in [3.8, 4) is 0 Å². The van der Waals surface area contributed by atoms with Crippen LogP contribution in [0.3, 0.4) is 0 Å². The summed E-state index contributed by atoms with van der Waals surface area (Å²) in [5.41, 5.74) is 0.528. The third-order valence-electron chi connectivity index (χ3n) is 5.71. The van der Waals surface area contributed by atoms with Crippen molar-refractivity contribution in [1.29, 1.82) is 0 Å². The molecule has 1 N–H and O–H groups in total. The zero-order chi connectivity index (χ0) is 18.9.